The summed E-state index contributed by atoms with van der Waals surface area (Å²) in [6, 6.07) is 10.0. The molecule has 2 nitrogen and oxygen atoms in total. The molecule has 1 aliphatic carbocycles. The van der Waals surface area contributed by atoms with E-state index >= 15 is 0 Å². The number of hydrogen-bond acceptors (Lipinski definition) is 2. The average Bonchev–Trinajstić information content (AvgIpc) is 2.33. The second kappa shape index (κ2) is 4.89. The molecular weight excluding hydrogens is 234 g/mol. The highest BCUT2D eigenvalue weighted by Crippen LogP contribution is 2.37. The zero-order chi connectivity index (χ0) is 12.3. The number of carbonyl (C=O) groups excluding carboxylic acids is 1. The van der Waals surface area contributed by atoms with Crippen molar-refractivity contribution < 1.29 is 4.79 Å². The average molecular weight is 248 g/mol. The SMILES string of the molecule is N#CC1(Cc2cccc(Cl)c2)CCC(=O)CC1. The lowest BCUT2D eigenvalue weighted by molar-refractivity contribution is -0.121. The summed E-state index contributed by atoms with van der Waals surface area (Å²) in [5, 5.41) is 10.1. The number of Topliss-reactive ketones (excluding diaryl/α,β-unsaturated/α-hetero) is 1. The molecule has 0 unspecified atom stereocenters. The first-order valence-corrected chi connectivity index (χ1v) is 6.19. The van der Waals surface area contributed by atoms with Crippen molar-refractivity contribution in [2.24, 2.45) is 5.41 Å². The maximum absolute atomic E-state index is 11.2. The fourth-order valence-electron chi connectivity index (χ4n) is 2.37. The van der Waals surface area contributed by atoms with E-state index in [1.165, 1.54) is 0 Å². The Morgan fingerprint density at radius 2 is 2.06 bits per heavy atom. The molecule has 0 spiro atoms. The number of carbonyl (C=O) groups is 1. The van der Waals surface area contributed by atoms with Crippen LogP contribution < -0.4 is 0 Å². The van der Waals surface area contributed by atoms with E-state index in [2.05, 4.69) is 6.07 Å². The van der Waals surface area contributed by atoms with Gasteiger partial charge in [-0.2, -0.15) is 5.26 Å². The topological polar surface area (TPSA) is 40.9 Å². The zero-order valence-corrected chi connectivity index (χ0v) is 10.3. The van der Waals surface area contributed by atoms with Gasteiger partial charge in [0.1, 0.15) is 5.78 Å². The number of rotatable bonds is 2. The summed E-state index contributed by atoms with van der Waals surface area (Å²) in [5.74, 6) is 0.280. The molecule has 0 N–H and O–H groups in total. The number of benzene rings is 1. The summed E-state index contributed by atoms with van der Waals surface area (Å²) in [6.07, 6.45) is 3.11. The Balaban J connectivity index is 2.15. The van der Waals surface area contributed by atoms with E-state index in [0.29, 0.717) is 37.1 Å². The number of ketones is 1. The van der Waals surface area contributed by atoms with Crippen molar-refractivity contribution in [1.82, 2.24) is 0 Å². The molecule has 1 aromatic rings. The van der Waals surface area contributed by atoms with Crippen LogP contribution in [0.2, 0.25) is 5.02 Å². The molecular formula is C14H14ClNO. The van der Waals surface area contributed by atoms with Gasteiger partial charge in [0.15, 0.2) is 0 Å². The monoisotopic (exact) mass is 247 g/mol. The van der Waals surface area contributed by atoms with E-state index in [-0.39, 0.29) is 11.2 Å². The van der Waals surface area contributed by atoms with Gasteiger partial charge in [-0.3, -0.25) is 4.79 Å². The van der Waals surface area contributed by atoms with E-state index in [1.54, 1.807) is 0 Å². The van der Waals surface area contributed by atoms with Crippen LogP contribution in [0.1, 0.15) is 31.2 Å². The maximum Gasteiger partial charge on any atom is 0.133 e. The molecule has 1 aromatic carbocycles. The van der Waals surface area contributed by atoms with E-state index in [4.69, 9.17) is 11.6 Å². The van der Waals surface area contributed by atoms with Gasteiger partial charge in [-0.15, -0.1) is 0 Å². The molecule has 0 aliphatic heterocycles. The van der Waals surface area contributed by atoms with Crippen LogP contribution in [0, 0.1) is 16.7 Å². The number of halogens is 1. The Morgan fingerprint density at radius 1 is 1.35 bits per heavy atom. The summed E-state index contributed by atoms with van der Waals surface area (Å²) < 4.78 is 0. The largest absolute Gasteiger partial charge is 0.300 e. The quantitative estimate of drug-likeness (QED) is 0.802. The molecule has 3 heteroatoms. The standard InChI is InChI=1S/C14H14ClNO/c15-12-3-1-2-11(8-12)9-14(10-16)6-4-13(17)5-7-14/h1-3,8H,4-7,9H2. The Morgan fingerprint density at radius 3 is 2.65 bits per heavy atom. The van der Waals surface area contributed by atoms with E-state index < -0.39 is 0 Å². The molecule has 2 rings (SSSR count). The Labute approximate surface area is 106 Å². The van der Waals surface area contributed by atoms with Crippen molar-refractivity contribution in [1.29, 1.82) is 5.26 Å². The van der Waals surface area contributed by atoms with Crippen LogP contribution in [0.4, 0.5) is 0 Å². The fourth-order valence-corrected chi connectivity index (χ4v) is 2.59. The molecule has 0 bridgehead atoms. The first-order chi connectivity index (χ1) is 8.13. The fraction of sp³-hybridized carbons (Fsp3) is 0.429. The molecule has 0 saturated heterocycles. The van der Waals surface area contributed by atoms with E-state index in [0.717, 1.165) is 5.56 Å². The second-order valence-corrected chi connectivity index (χ2v) is 5.17. The Hall–Kier alpha value is -1.33. The van der Waals surface area contributed by atoms with Gasteiger partial charge in [0.05, 0.1) is 11.5 Å². The van der Waals surface area contributed by atoms with Gasteiger partial charge in [0.2, 0.25) is 0 Å². The third-order valence-electron chi connectivity index (χ3n) is 3.43. The molecule has 1 aliphatic rings. The minimum Gasteiger partial charge on any atom is -0.300 e. The van der Waals surface area contributed by atoms with Crippen LogP contribution in [0.5, 0.6) is 0 Å². The van der Waals surface area contributed by atoms with Crippen molar-refractivity contribution in [2.45, 2.75) is 32.1 Å². The van der Waals surface area contributed by atoms with Crippen LogP contribution >= 0.6 is 11.6 Å². The van der Waals surface area contributed by atoms with E-state index in [9.17, 15) is 10.1 Å². The van der Waals surface area contributed by atoms with Gasteiger partial charge >= 0.3 is 0 Å². The zero-order valence-electron chi connectivity index (χ0n) is 9.58. The maximum atomic E-state index is 11.2. The number of nitriles is 1. The third kappa shape index (κ3) is 2.87. The lowest BCUT2D eigenvalue weighted by Crippen LogP contribution is -2.28. The lowest BCUT2D eigenvalue weighted by atomic mass is 9.71. The van der Waals surface area contributed by atoms with Gasteiger partial charge in [-0.05, 0) is 37.0 Å². The smallest absolute Gasteiger partial charge is 0.133 e. The van der Waals surface area contributed by atoms with Crippen LogP contribution in [0.3, 0.4) is 0 Å². The van der Waals surface area contributed by atoms with Gasteiger partial charge in [0.25, 0.3) is 0 Å². The van der Waals surface area contributed by atoms with Crippen molar-refractivity contribution >= 4 is 17.4 Å². The van der Waals surface area contributed by atoms with Crippen molar-refractivity contribution in [2.75, 3.05) is 0 Å². The predicted molar refractivity (Wildman–Crippen MR) is 66.7 cm³/mol. The summed E-state index contributed by atoms with van der Waals surface area (Å²) >= 11 is 5.94. The summed E-state index contributed by atoms with van der Waals surface area (Å²) in [6.45, 7) is 0. The van der Waals surface area contributed by atoms with Crippen molar-refractivity contribution in [3.63, 3.8) is 0 Å². The molecule has 0 radical (unpaired) electrons. The molecule has 1 saturated carbocycles. The number of hydrogen-bond donors (Lipinski definition) is 0. The summed E-state index contributed by atoms with van der Waals surface area (Å²) in [4.78, 5) is 11.2. The summed E-state index contributed by atoms with van der Waals surface area (Å²) in [5.41, 5.74) is 0.701. The lowest BCUT2D eigenvalue weighted by Gasteiger charge is -2.30. The third-order valence-corrected chi connectivity index (χ3v) is 3.67. The van der Waals surface area contributed by atoms with Crippen LogP contribution in [-0.2, 0) is 11.2 Å². The predicted octanol–water partition coefficient (Wildman–Crippen LogP) is 3.54. The molecule has 0 amide bonds. The van der Waals surface area contributed by atoms with Gasteiger partial charge in [-0.25, -0.2) is 0 Å². The van der Waals surface area contributed by atoms with E-state index in [1.807, 2.05) is 24.3 Å². The molecule has 0 atom stereocenters. The van der Waals surface area contributed by atoms with Crippen LogP contribution in [0.25, 0.3) is 0 Å². The van der Waals surface area contributed by atoms with Gasteiger partial charge < -0.3 is 0 Å². The minimum absolute atomic E-state index is 0.280. The highest BCUT2D eigenvalue weighted by atomic mass is 35.5. The Kier molecular flexibility index (Phi) is 3.49. The molecule has 17 heavy (non-hydrogen) atoms. The first kappa shape index (κ1) is 12.1. The molecule has 88 valence electrons. The van der Waals surface area contributed by atoms with Gasteiger partial charge in [0, 0.05) is 17.9 Å². The van der Waals surface area contributed by atoms with Crippen molar-refractivity contribution in [3.05, 3.63) is 34.9 Å². The van der Waals surface area contributed by atoms with Crippen LogP contribution in [-0.4, -0.2) is 5.78 Å². The highest BCUT2D eigenvalue weighted by molar-refractivity contribution is 6.30. The highest BCUT2D eigenvalue weighted by Gasteiger charge is 2.34. The molecule has 0 aromatic heterocycles. The molecule has 0 heterocycles. The minimum atomic E-state index is -0.376. The molecule has 1 fully saturated rings. The van der Waals surface area contributed by atoms with Gasteiger partial charge in [-0.1, -0.05) is 23.7 Å². The van der Waals surface area contributed by atoms with Crippen molar-refractivity contribution in [3.8, 4) is 6.07 Å². The summed E-state index contributed by atoms with van der Waals surface area (Å²) in [7, 11) is 0. The van der Waals surface area contributed by atoms with Crippen LogP contribution in [0.15, 0.2) is 24.3 Å². The Bertz CT molecular complexity index is 465. The second-order valence-electron chi connectivity index (χ2n) is 4.74. The first-order valence-electron chi connectivity index (χ1n) is 5.81. The normalized spacial score (nSPS) is 18.7. The number of nitrogens with zero attached hydrogens (tertiary/aromatic N) is 1.